The van der Waals surface area contributed by atoms with Crippen LogP contribution in [0.15, 0.2) is 24.4 Å². The summed E-state index contributed by atoms with van der Waals surface area (Å²) in [4.78, 5) is 17.8. The summed E-state index contributed by atoms with van der Waals surface area (Å²) < 4.78 is 0. The first-order valence-corrected chi connectivity index (χ1v) is 6.40. The molecule has 1 amide bonds. The van der Waals surface area contributed by atoms with Gasteiger partial charge in [0.1, 0.15) is 0 Å². The van der Waals surface area contributed by atoms with Crippen LogP contribution in [0.25, 0.3) is 0 Å². The second kappa shape index (κ2) is 7.11. The van der Waals surface area contributed by atoms with Crippen LogP contribution in [-0.4, -0.2) is 35.4 Å². The first kappa shape index (κ1) is 14.6. The van der Waals surface area contributed by atoms with E-state index in [0.717, 1.165) is 12.1 Å². The van der Waals surface area contributed by atoms with Gasteiger partial charge in [-0.05, 0) is 24.5 Å². The van der Waals surface area contributed by atoms with Crippen molar-refractivity contribution in [2.45, 2.75) is 32.7 Å². The number of rotatable bonds is 6. The lowest BCUT2D eigenvalue weighted by molar-refractivity contribution is -0.129. The van der Waals surface area contributed by atoms with E-state index in [4.69, 9.17) is 5.73 Å². The minimum Gasteiger partial charge on any atom is -0.345 e. The van der Waals surface area contributed by atoms with Crippen LogP contribution in [0.1, 0.15) is 26.0 Å². The Morgan fingerprint density at radius 3 is 2.72 bits per heavy atom. The van der Waals surface area contributed by atoms with Gasteiger partial charge in [0, 0.05) is 31.5 Å². The quantitative estimate of drug-likeness (QED) is 0.830. The number of hydrogen-bond acceptors (Lipinski definition) is 3. The lowest BCUT2D eigenvalue weighted by Gasteiger charge is -2.21. The summed E-state index contributed by atoms with van der Waals surface area (Å²) in [5.41, 5.74) is 6.78. The minimum absolute atomic E-state index is 0.0876. The van der Waals surface area contributed by atoms with E-state index in [0.29, 0.717) is 18.9 Å². The molecule has 1 aromatic heterocycles. The van der Waals surface area contributed by atoms with Gasteiger partial charge in [-0.15, -0.1) is 0 Å². The van der Waals surface area contributed by atoms with Gasteiger partial charge in [0.2, 0.25) is 5.91 Å². The molecule has 4 heteroatoms. The molecule has 0 saturated heterocycles. The second-order valence-electron chi connectivity index (χ2n) is 5.01. The lowest BCUT2D eigenvalue weighted by atomic mass is 10.0. The molecule has 1 atom stereocenters. The topological polar surface area (TPSA) is 59.2 Å². The number of amides is 1. The Hall–Kier alpha value is -1.42. The molecule has 0 aromatic carbocycles. The standard InChI is InChI=1S/C14H23N3O/c1-11(2)13(15)7-9-17(3)14(18)10-12-6-4-5-8-16-12/h4-6,8,11,13H,7,9-10,15H2,1-3H3. The van der Waals surface area contributed by atoms with E-state index < -0.39 is 0 Å². The van der Waals surface area contributed by atoms with Crippen LogP contribution in [-0.2, 0) is 11.2 Å². The molecule has 4 nitrogen and oxygen atoms in total. The van der Waals surface area contributed by atoms with Gasteiger partial charge in [-0.3, -0.25) is 9.78 Å². The van der Waals surface area contributed by atoms with E-state index in [1.54, 1.807) is 11.1 Å². The van der Waals surface area contributed by atoms with Crippen molar-refractivity contribution < 1.29 is 4.79 Å². The highest BCUT2D eigenvalue weighted by atomic mass is 16.2. The van der Waals surface area contributed by atoms with Gasteiger partial charge in [-0.2, -0.15) is 0 Å². The maximum atomic E-state index is 11.9. The zero-order chi connectivity index (χ0) is 13.5. The maximum absolute atomic E-state index is 11.9. The highest BCUT2D eigenvalue weighted by Gasteiger charge is 2.13. The van der Waals surface area contributed by atoms with Crippen molar-refractivity contribution >= 4 is 5.91 Å². The van der Waals surface area contributed by atoms with Crippen LogP contribution in [0.4, 0.5) is 0 Å². The van der Waals surface area contributed by atoms with Gasteiger partial charge in [-0.25, -0.2) is 0 Å². The Labute approximate surface area is 109 Å². The van der Waals surface area contributed by atoms with Crippen LogP contribution < -0.4 is 5.73 Å². The molecule has 0 saturated carbocycles. The number of nitrogens with two attached hydrogens (primary N) is 1. The number of nitrogens with zero attached hydrogens (tertiary/aromatic N) is 2. The summed E-state index contributed by atoms with van der Waals surface area (Å²) in [6, 6.07) is 5.75. The Bertz CT molecular complexity index is 365. The van der Waals surface area contributed by atoms with Crippen molar-refractivity contribution in [3.8, 4) is 0 Å². The Morgan fingerprint density at radius 2 is 2.17 bits per heavy atom. The third-order valence-electron chi connectivity index (χ3n) is 3.14. The number of likely N-dealkylation sites (N-methyl/N-ethyl adjacent to an activating group) is 1. The van der Waals surface area contributed by atoms with Crippen LogP contribution in [0.5, 0.6) is 0 Å². The predicted molar refractivity (Wildman–Crippen MR) is 73.0 cm³/mol. The van der Waals surface area contributed by atoms with E-state index in [9.17, 15) is 4.79 Å². The molecule has 0 radical (unpaired) electrons. The summed E-state index contributed by atoms with van der Waals surface area (Å²) in [5, 5.41) is 0. The normalized spacial score (nSPS) is 12.5. The molecule has 2 N–H and O–H groups in total. The van der Waals surface area contributed by atoms with E-state index in [1.165, 1.54) is 0 Å². The third kappa shape index (κ3) is 4.84. The fraction of sp³-hybridized carbons (Fsp3) is 0.571. The van der Waals surface area contributed by atoms with Crippen LogP contribution >= 0.6 is 0 Å². The molecule has 1 heterocycles. The molecule has 1 unspecified atom stereocenters. The number of carbonyl (C=O) groups excluding carboxylic acids is 1. The van der Waals surface area contributed by atoms with Crippen LogP contribution in [0.3, 0.4) is 0 Å². The second-order valence-corrected chi connectivity index (χ2v) is 5.01. The zero-order valence-electron chi connectivity index (χ0n) is 11.5. The van der Waals surface area contributed by atoms with Crippen molar-refractivity contribution in [3.63, 3.8) is 0 Å². The summed E-state index contributed by atoms with van der Waals surface area (Å²) >= 11 is 0. The van der Waals surface area contributed by atoms with Crippen molar-refractivity contribution in [2.24, 2.45) is 11.7 Å². The first-order chi connectivity index (χ1) is 8.50. The highest BCUT2D eigenvalue weighted by Crippen LogP contribution is 2.05. The molecule has 0 aliphatic heterocycles. The van der Waals surface area contributed by atoms with E-state index in [2.05, 4.69) is 18.8 Å². The van der Waals surface area contributed by atoms with Gasteiger partial charge in [0.25, 0.3) is 0 Å². The number of carbonyl (C=O) groups is 1. The van der Waals surface area contributed by atoms with E-state index >= 15 is 0 Å². The molecule has 18 heavy (non-hydrogen) atoms. The molecule has 0 aliphatic carbocycles. The number of aromatic nitrogens is 1. The summed E-state index contributed by atoms with van der Waals surface area (Å²) in [7, 11) is 1.82. The fourth-order valence-corrected chi connectivity index (χ4v) is 1.59. The average molecular weight is 249 g/mol. The fourth-order valence-electron chi connectivity index (χ4n) is 1.59. The Balaban J connectivity index is 2.38. The van der Waals surface area contributed by atoms with Gasteiger partial charge >= 0.3 is 0 Å². The molecular weight excluding hydrogens is 226 g/mol. The molecule has 0 spiro atoms. The maximum Gasteiger partial charge on any atom is 0.228 e. The summed E-state index contributed by atoms with van der Waals surface area (Å²) in [5.74, 6) is 0.536. The minimum atomic E-state index is 0.0876. The molecule has 0 aliphatic rings. The lowest BCUT2D eigenvalue weighted by Crippen LogP contribution is -2.35. The molecule has 0 bridgehead atoms. The number of hydrogen-bond donors (Lipinski definition) is 1. The van der Waals surface area contributed by atoms with Gasteiger partial charge < -0.3 is 10.6 Å². The van der Waals surface area contributed by atoms with Gasteiger partial charge in [-0.1, -0.05) is 19.9 Å². The van der Waals surface area contributed by atoms with Crippen molar-refractivity contribution in [3.05, 3.63) is 30.1 Å². The summed E-state index contributed by atoms with van der Waals surface area (Å²) in [6.45, 7) is 4.89. The molecular formula is C14H23N3O. The summed E-state index contributed by atoms with van der Waals surface area (Å²) in [6.07, 6.45) is 2.90. The van der Waals surface area contributed by atoms with E-state index in [-0.39, 0.29) is 11.9 Å². The SMILES string of the molecule is CC(C)C(N)CCN(C)C(=O)Cc1ccccn1. The zero-order valence-corrected chi connectivity index (χ0v) is 11.5. The van der Waals surface area contributed by atoms with Gasteiger partial charge in [0.05, 0.1) is 6.42 Å². The molecule has 0 fully saturated rings. The molecule has 100 valence electrons. The number of pyridine rings is 1. The monoisotopic (exact) mass is 249 g/mol. The highest BCUT2D eigenvalue weighted by molar-refractivity contribution is 5.78. The van der Waals surface area contributed by atoms with Crippen molar-refractivity contribution in [2.75, 3.05) is 13.6 Å². The predicted octanol–water partition coefficient (Wildman–Crippen LogP) is 1.46. The molecule has 1 aromatic rings. The van der Waals surface area contributed by atoms with Crippen LogP contribution in [0, 0.1) is 5.92 Å². The Kier molecular flexibility index (Phi) is 5.78. The largest absolute Gasteiger partial charge is 0.345 e. The van der Waals surface area contributed by atoms with Crippen LogP contribution in [0.2, 0.25) is 0 Å². The Morgan fingerprint density at radius 1 is 1.44 bits per heavy atom. The van der Waals surface area contributed by atoms with Crippen molar-refractivity contribution in [1.29, 1.82) is 0 Å². The van der Waals surface area contributed by atoms with Crippen molar-refractivity contribution in [1.82, 2.24) is 9.88 Å². The first-order valence-electron chi connectivity index (χ1n) is 6.40. The smallest absolute Gasteiger partial charge is 0.228 e. The average Bonchev–Trinajstić information content (AvgIpc) is 2.36. The third-order valence-corrected chi connectivity index (χ3v) is 3.14. The van der Waals surface area contributed by atoms with E-state index in [1.807, 2.05) is 25.2 Å². The van der Waals surface area contributed by atoms with Gasteiger partial charge in [0.15, 0.2) is 0 Å². The molecule has 1 rings (SSSR count).